The van der Waals surface area contributed by atoms with Crippen molar-refractivity contribution in [3.63, 3.8) is 0 Å². The average Bonchev–Trinajstić information content (AvgIpc) is 3.42. The zero-order chi connectivity index (χ0) is 20.4. The number of carbonyl (C=O) groups is 1. The zero-order valence-corrected chi connectivity index (χ0v) is 15.3. The van der Waals surface area contributed by atoms with E-state index in [1.165, 1.54) is 23.2 Å². The van der Waals surface area contributed by atoms with Gasteiger partial charge in [-0.25, -0.2) is 4.98 Å². The number of nitrogens with zero attached hydrogens (tertiary/aromatic N) is 3. The molecule has 0 spiro atoms. The van der Waals surface area contributed by atoms with Crippen LogP contribution in [-0.2, 0) is 12.5 Å². The van der Waals surface area contributed by atoms with Crippen molar-refractivity contribution in [2.24, 2.45) is 0 Å². The predicted molar refractivity (Wildman–Crippen MR) is 99.5 cm³/mol. The maximum absolute atomic E-state index is 13.3. The molecule has 0 fully saturated rings. The van der Waals surface area contributed by atoms with Gasteiger partial charge in [0.1, 0.15) is 5.76 Å². The van der Waals surface area contributed by atoms with Crippen LogP contribution in [0.15, 0.2) is 70.0 Å². The summed E-state index contributed by atoms with van der Waals surface area (Å²) >= 11 is 0. The number of alkyl halides is 2. The number of carbonyl (C=O) groups excluding carboxylic acids is 1. The summed E-state index contributed by atoms with van der Waals surface area (Å²) in [6.45, 7) is 0.913. The second-order valence-corrected chi connectivity index (χ2v) is 6.40. The Bertz CT molecular complexity index is 1130. The van der Waals surface area contributed by atoms with Gasteiger partial charge in [-0.3, -0.25) is 9.48 Å². The second-order valence-electron chi connectivity index (χ2n) is 6.40. The Kier molecular flexibility index (Phi) is 4.71. The van der Waals surface area contributed by atoms with E-state index in [9.17, 15) is 13.6 Å². The minimum atomic E-state index is -3.05. The number of aromatic nitrogens is 3. The van der Waals surface area contributed by atoms with E-state index in [1.807, 2.05) is 30.3 Å². The molecule has 0 aliphatic carbocycles. The first-order valence-electron chi connectivity index (χ1n) is 8.71. The van der Waals surface area contributed by atoms with E-state index in [4.69, 9.17) is 8.83 Å². The molecule has 4 aromatic rings. The lowest BCUT2D eigenvalue weighted by Gasteiger charge is -2.05. The Morgan fingerprint density at radius 3 is 2.69 bits per heavy atom. The van der Waals surface area contributed by atoms with Crippen molar-refractivity contribution in [3.8, 4) is 11.3 Å². The van der Waals surface area contributed by atoms with Gasteiger partial charge >= 0.3 is 5.92 Å². The fourth-order valence-electron chi connectivity index (χ4n) is 2.75. The molecule has 0 saturated heterocycles. The molecule has 1 N–H and O–H groups in total. The maximum atomic E-state index is 13.3. The number of amides is 1. The van der Waals surface area contributed by atoms with E-state index in [0.29, 0.717) is 11.5 Å². The van der Waals surface area contributed by atoms with Gasteiger partial charge in [-0.15, -0.1) is 0 Å². The van der Waals surface area contributed by atoms with E-state index in [2.05, 4.69) is 15.4 Å². The summed E-state index contributed by atoms with van der Waals surface area (Å²) in [4.78, 5) is 16.6. The van der Waals surface area contributed by atoms with Crippen LogP contribution in [0.5, 0.6) is 0 Å². The minimum absolute atomic E-state index is 0.131. The molecular weight excluding hydrogens is 382 g/mol. The highest BCUT2D eigenvalue weighted by Crippen LogP contribution is 2.28. The number of halogens is 2. The molecule has 3 aromatic heterocycles. The van der Waals surface area contributed by atoms with Crippen LogP contribution in [0.3, 0.4) is 0 Å². The Balaban J connectivity index is 1.45. The molecular formula is C20H16F2N4O3. The van der Waals surface area contributed by atoms with Crippen LogP contribution in [0, 0.1) is 0 Å². The van der Waals surface area contributed by atoms with Gasteiger partial charge < -0.3 is 14.2 Å². The number of anilines is 1. The van der Waals surface area contributed by atoms with Gasteiger partial charge in [-0.1, -0.05) is 30.3 Å². The SMILES string of the molecule is CC(F)(F)c1ccc(Cn2ccc(NC(=O)c3ncoc3-c3ccccc3)n2)o1. The molecule has 3 heterocycles. The highest BCUT2D eigenvalue weighted by molar-refractivity contribution is 6.05. The van der Waals surface area contributed by atoms with Crippen molar-refractivity contribution in [2.45, 2.75) is 19.4 Å². The van der Waals surface area contributed by atoms with Gasteiger partial charge in [0.15, 0.2) is 29.4 Å². The summed E-state index contributed by atoms with van der Waals surface area (Å²) < 4.78 is 38.5. The van der Waals surface area contributed by atoms with Crippen molar-refractivity contribution >= 4 is 11.7 Å². The summed E-state index contributed by atoms with van der Waals surface area (Å²) in [6.07, 6.45) is 2.80. The Morgan fingerprint density at radius 1 is 1.17 bits per heavy atom. The topological polar surface area (TPSA) is 86.1 Å². The summed E-state index contributed by atoms with van der Waals surface area (Å²) in [6, 6.07) is 13.4. The second kappa shape index (κ2) is 7.34. The fraction of sp³-hybridized carbons (Fsp3) is 0.150. The van der Waals surface area contributed by atoms with Crippen LogP contribution in [0.25, 0.3) is 11.3 Å². The van der Waals surface area contributed by atoms with Gasteiger partial charge in [0.25, 0.3) is 5.91 Å². The average molecular weight is 398 g/mol. The van der Waals surface area contributed by atoms with E-state index in [0.717, 1.165) is 12.5 Å². The van der Waals surface area contributed by atoms with Crippen LogP contribution >= 0.6 is 0 Å². The van der Waals surface area contributed by atoms with Crippen LogP contribution in [0.1, 0.15) is 28.9 Å². The minimum Gasteiger partial charge on any atom is -0.458 e. The molecule has 0 bridgehead atoms. The molecule has 0 saturated carbocycles. The standard InChI is InChI=1S/C20H16F2N4O3/c1-20(21,22)15-8-7-14(29-15)11-26-10-9-16(25-26)24-19(27)17-18(28-12-23-17)13-5-3-2-4-6-13/h2-10,12H,11H2,1H3,(H,24,25,27). The smallest absolute Gasteiger partial charge is 0.301 e. The zero-order valence-electron chi connectivity index (χ0n) is 15.3. The number of furan rings is 1. The van der Waals surface area contributed by atoms with Gasteiger partial charge in [0.05, 0.1) is 6.54 Å². The molecule has 0 radical (unpaired) electrons. The molecule has 0 unspecified atom stereocenters. The molecule has 1 aromatic carbocycles. The van der Waals surface area contributed by atoms with Gasteiger partial charge in [0, 0.05) is 24.8 Å². The lowest BCUT2D eigenvalue weighted by atomic mass is 10.1. The molecule has 1 amide bonds. The third-order valence-corrected chi connectivity index (χ3v) is 4.11. The molecule has 9 heteroatoms. The lowest BCUT2D eigenvalue weighted by Crippen LogP contribution is -2.14. The number of hydrogen-bond donors (Lipinski definition) is 1. The normalized spacial score (nSPS) is 11.6. The largest absolute Gasteiger partial charge is 0.458 e. The highest BCUT2D eigenvalue weighted by atomic mass is 19.3. The van der Waals surface area contributed by atoms with Gasteiger partial charge in [-0.2, -0.15) is 13.9 Å². The molecule has 29 heavy (non-hydrogen) atoms. The number of hydrogen-bond acceptors (Lipinski definition) is 5. The number of rotatable bonds is 6. The Hall–Kier alpha value is -3.75. The summed E-state index contributed by atoms with van der Waals surface area (Å²) in [5, 5.41) is 6.85. The number of oxazole rings is 1. The monoisotopic (exact) mass is 398 g/mol. The first-order valence-corrected chi connectivity index (χ1v) is 8.71. The van der Waals surface area contributed by atoms with Crippen LogP contribution < -0.4 is 5.32 Å². The predicted octanol–water partition coefficient (Wildman–Crippen LogP) is 4.54. The van der Waals surface area contributed by atoms with Crippen molar-refractivity contribution in [3.05, 3.63) is 78.3 Å². The molecule has 7 nitrogen and oxygen atoms in total. The van der Waals surface area contributed by atoms with Crippen molar-refractivity contribution in [2.75, 3.05) is 5.32 Å². The van der Waals surface area contributed by atoms with Crippen molar-refractivity contribution in [1.29, 1.82) is 0 Å². The Labute approximate surface area is 164 Å². The molecule has 4 rings (SSSR count). The van der Waals surface area contributed by atoms with Gasteiger partial charge in [0.2, 0.25) is 0 Å². The summed E-state index contributed by atoms with van der Waals surface area (Å²) in [5.41, 5.74) is 0.855. The van der Waals surface area contributed by atoms with Crippen LogP contribution in [0.2, 0.25) is 0 Å². The fourth-order valence-corrected chi connectivity index (χ4v) is 2.75. The third kappa shape index (κ3) is 4.08. The molecule has 0 aliphatic heterocycles. The first-order chi connectivity index (χ1) is 13.9. The number of nitrogens with one attached hydrogen (secondary N) is 1. The quantitative estimate of drug-likeness (QED) is 0.515. The van der Waals surface area contributed by atoms with Crippen molar-refractivity contribution in [1.82, 2.24) is 14.8 Å². The third-order valence-electron chi connectivity index (χ3n) is 4.11. The summed E-state index contributed by atoms with van der Waals surface area (Å²) in [7, 11) is 0. The molecule has 0 atom stereocenters. The highest BCUT2D eigenvalue weighted by Gasteiger charge is 2.28. The molecule has 148 valence electrons. The first kappa shape index (κ1) is 18.6. The van der Waals surface area contributed by atoms with E-state index in [1.54, 1.807) is 12.3 Å². The van der Waals surface area contributed by atoms with Crippen LogP contribution in [-0.4, -0.2) is 20.7 Å². The van der Waals surface area contributed by atoms with Gasteiger partial charge in [-0.05, 0) is 12.1 Å². The number of benzene rings is 1. The Morgan fingerprint density at radius 2 is 1.97 bits per heavy atom. The van der Waals surface area contributed by atoms with E-state index in [-0.39, 0.29) is 18.1 Å². The van der Waals surface area contributed by atoms with E-state index >= 15 is 0 Å². The lowest BCUT2D eigenvalue weighted by molar-refractivity contribution is -0.00636. The molecule has 0 aliphatic rings. The van der Waals surface area contributed by atoms with Crippen molar-refractivity contribution < 1.29 is 22.4 Å². The maximum Gasteiger partial charge on any atom is 0.301 e. The van der Waals surface area contributed by atoms with E-state index < -0.39 is 17.6 Å². The summed E-state index contributed by atoms with van der Waals surface area (Å²) in [5.74, 6) is -2.97. The van der Waals surface area contributed by atoms with Crippen LogP contribution in [0.4, 0.5) is 14.6 Å².